The second-order valence-electron chi connectivity index (χ2n) is 6.08. The second kappa shape index (κ2) is 18.0. The van der Waals surface area contributed by atoms with Gasteiger partial charge < -0.3 is 5.11 Å². The first kappa shape index (κ1) is 20.9. The van der Waals surface area contributed by atoms with Gasteiger partial charge in [0.15, 0.2) is 0 Å². The van der Waals surface area contributed by atoms with Gasteiger partial charge in [-0.25, -0.2) is 0 Å². The van der Waals surface area contributed by atoms with E-state index in [9.17, 15) is 4.79 Å². The first-order chi connectivity index (χ1) is 10.8. The zero-order valence-corrected chi connectivity index (χ0v) is 14.6. The molecule has 0 atom stereocenters. The van der Waals surface area contributed by atoms with Crippen LogP contribution in [0, 0.1) is 0 Å². The lowest BCUT2D eigenvalue weighted by atomic mass is 10.1. The Morgan fingerprint density at radius 2 is 1.23 bits per heavy atom. The fourth-order valence-electron chi connectivity index (χ4n) is 2.43. The van der Waals surface area contributed by atoms with E-state index in [-0.39, 0.29) is 0 Å². The Kier molecular flexibility index (Phi) is 17.1. The second-order valence-corrected chi connectivity index (χ2v) is 6.08. The zero-order valence-electron chi connectivity index (χ0n) is 14.6. The summed E-state index contributed by atoms with van der Waals surface area (Å²) in [4.78, 5) is 10.4. The van der Waals surface area contributed by atoms with Crippen molar-refractivity contribution in [2.75, 3.05) is 0 Å². The highest BCUT2D eigenvalue weighted by Crippen LogP contribution is 2.11. The van der Waals surface area contributed by atoms with E-state index in [1.165, 1.54) is 64.2 Å². The quantitative estimate of drug-likeness (QED) is 0.255. The minimum absolute atomic E-state index is 0.333. The van der Waals surface area contributed by atoms with E-state index >= 15 is 0 Å². The molecule has 0 aliphatic carbocycles. The number of unbranched alkanes of at least 4 members (excludes halogenated alkanes) is 10. The lowest BCUT2D eigenvalue weighted by molar-refractivity contribution is -0.137. The van der Waals surface area contributed by atoms with Gasteiger partial charge in [-0.2, -0.15) is 0 Å². The number of allylic oxidation sites excluding steroid dienone is 4. The van der Waals surface area contributed by atoms with Crippen molar-refractivity contribution in [1.82, 2.24) is 0 Å². The first-order valence-electron chi connectivity index (χ1n) is 9.29. The number of aliphatic carboxylic acids is 1. The Hall–Kier alpha value is -1.05. The lowest BCUT2D eigenvalue weighted by Gasteiger charge is -2.00. The highest BCUT2D eigenvalue weighted by molar-refractivity contribution is 5.66. The zero-order chi connectivity index (χ0) is 16.3. The van der Waals surface area contributed by atoms with Crippen LogP contribution in [0.3, 0.4) is 0 Å². The maximum absolute atomic E-state index is 10.4. The molecule has 0 saturated heterocycles. The Labute approximate surface area is 137 Å². The summed E-state index contributed by atoms with van der Waals surface area (Å²) in [5.74, 6) is -0.662. The van der Waals surface area contributed by atoms with E-state index in [0.717, 1.165) is 19.3 Å². The Morgan fingerprint density at radius 1 is 0.727 bits per heavy atom. The van der Waals surface area contributed by atoms with Crippen LogP contribution in [0.15, 0.2) is 24.3 Å². The number of hydrogen-bond acceptors (Lipinski definition) is 1. The van der Waals surface area contributed by atoms with Crippen molar-refractivity contribution < 1.29 is 9.90 Å². The molecular formula is C20H36O2. The fourth-order valence-corrected chi connectivity index (χ4v) is 2.43. The summed E-state index contributed by atoms with van der Waals surface area (Å²) in [5, 5.41) is 8.53. The van der Waals surface area contributed by atoms with Crippen molar-refractivity contribution in [2.24, 2.45) is 0 Å². The summed E-state index contributed by atoms with van der Waals surface area (Å²) < 4.78 is 0. The molecule has 0 aliphatic heterocycles. The molecule has 0 spiro atoms. The molecule has 0 unspecified atom stereocenters. The number of rotatable bonds is 16. The molecule has 0 saturated carbocycles. The van der Waals surface area contributed by atoms with Crippen LogP contribution in [0.4, 0.5) is 0 Å². The maximum atomic E-state index is 10.4. The molecule has 0 amide bonds. The van der Waals surface area contributed by atoms with Crippen molar-refractivity contribution in [3.05, 3.63) is 24.3 Å². The van der Waals surface area contributed by atoms with Gasteiger partial charge in [0.25, 0.3) is 0 Å². The lowest BCUT2D eigenvalue weighted by Crippen LogP contribution is -1.93. The molecular weight excluding hydrogens is 272 g/mol. The Morgan fingerprint density at radius 3 is 1.77 bits per heavy atom. The van der Waals surface area contributed by atoms with E-state index in [4.69, 9.17) is 5.11 Å². The van der Waals surface area contributed by atoms with Crippen molar-refractivity contribution >= 4 is 5.97 Å². The van der Waals surface area contributed by atoms with E-state index in [2.05, 4.69) is 31.2 Å². The van der Waals surface area contributed by atoms with E-state index < -0.39 is 5.97 Å². The van der Waals surface area contributed by atoms with Gasteiger partial charge in [0.2, 0.25) is 0 Å². The van der Waals surface area contributed by atoms with Crippen LogP contribution in [-0.4, -0.2) is 11.1 Å². The van der Waals surface area contributed by atoms with E-state index in [1.807, 2.05) is 0 Å². The maximum Gasteiger partial charge on any atom is 0.303 e. The van der Waals surface area contributed by atoms with Gasteiger partial charge in [0, 0.05) is 6.42 Å². The molecule has 1 N–H and O–H groups in total. The Bertz CT molecular complexity index is 292. The van der Waals surface area contributed by atoms with Crippen molar-refractivity contribution in [3.63, 3.8) is 0 Å². The Balaban J connectivity index is 3.13. The van der Waals surface area contributed by atoms with E-state index in [1.54, 1.807) is 0 Å². The average Bonchev–Trinajstić information content (AvgIpc) is 2.50. The third-order valence-corrected chi connectivity index (χ3v) is 3.84. The molecule has 2 heteroatoms. The molecule has 0 fully saturated rings. The molecule has 2 nitrogen and oxygen atoms in total. The van der Waals surface area contributed by atoms with Crippen LogP contribution in [0.1, 0.15) is 96.8 Å². The van der Waals surface area contributed by atoms with Gasteiger partial charge in [0.1, 0.15) is 0 Å². The topological polar surface area (TPSA) is 37.3 Å². The standard InChI is InChI=1S/C20H36O2/c1-2-3-4-5-6-7-8-9-10-11-12-13-14-15-16-17-18-19-20(21)22/h5-6,8-9H,2-4,7,10-19H2,1H3,(H,21,22). The van der Waals surface area contributed by atoms with Gasteiger partial charge in [-0.15, -0.1) is 0 Å². The number of carboxylic acids is 1. The molecule has 0 rings (SSSR count). The van der Waals surface area contributed by atoms with Gasteiger partial charge in [-0.3, -0.25) is 4.79 Å². The van der Waals surface area contributed by atoms with Gasteiger partial charge in [-0.1, -0.05) is 82.6 Å². The summed E-state index contributed by atoms with van der Waals surface area (Å²) in [6.07, 6.45) is 25.2. The monoisotopic (exact) mass is 308 g/mol. The number of carbonyl (C=O) groups is 1. The van der Waals surface area contributed by atoms with Crippen molar-refractivity contribution in [3.8, 4) is 0 Å². The summed E-state index contributed by atoms with van der Waals surface area (Å²) in [7, 11) is 0. The molecule has 0 aromatic rings. The fraction of sp³-hybridized carbons (Fsp3) is 0.750. The molecule has 0 heterocycles. The predicted molar refractivity (Wildman–Crippen MR) is 96.2 cm³/mol. The van der Waals surface area contributed by atoms with Crippen LogP contribution in [0.5, 0.6) is 0 Å². The highest BCUT2D eigenvalue weighted by Gasteiger charge is 1.96. The SMILES string of the molecule is CCCCC=CCC=CCCCCCCCCCCC(=O)O. The minimum atomic E-state index is -0.662. The predicted octanol–water partition coefficient (Wildman–Crippen LogP) is 6.66. The molecule has 22 heavy (non-hydrogen) atoms. The molecule has 0 aliphatic rings. The van der Waals surface area contributed by atoms with Crippen LogP contribution < -0.4 is 0 Å². The van der Waals surface area contributed by atoms with Gasteiger partial charge >= 0.3 is 5.97 Å². The normalized spacial score (nSPS) is 11.7. The van der Waals surface area contributed by atoms with Crippen molar-refractivity contribution in [2.45, 2.75) is 96.8 Å². The summed E-state index contributed by atoms with van der Waals surface area (Å²) >= 11 is 0. The molecule has 128 valence electrons. The van der Waals surface area contributed by atoms with Crippen molar-refractivity contribution in [1.29, 1.82) is 0 Å². The largest absolute Gasteiger partial charge is 0.481 e. The van der Waals surface area contributed by atoms with Gasteiger partial charge in [-0.05, 0) is 32.1 Å². The summed E-state index contributed by atoms with van der Waals surface area (Å²) in [6.45, 7) is 2.23. The van der Waals surface area contributed by atoms with Crippen LogP contribution in [-0.2, 0) is 4.79 Å². The molecule has 0 radical (unpaired) electrons. The van der Waals surface area contributed by atoms with Crippen LogP contribution in [0.2, 0.25) is 0 Å². The average molecular weight is 309 g/mol. The van der Waals surface area contributed by atoms with E-state index in [0.29, 0.717) is 6.42 Å². The molecule has 0 aromatic carbocycles. The smallest absolute Gasteiger partial charge is 0.303 e. The molecule has 0 bridgehead atoms. The third kappa shape index (κ3) is 18.9. The summed E-state index contributed by atoms with van der Waals surface area (Å²) in [5.41, 5.74) is 0. The number of carboxylic acid groups (broad SMARTS) is 1. The van der Waals surface area contributed by atoms with Gasteiger partial charge in [0.05, 0.1) is 0 Å². The van der Waals surface area contributed by atoms with Crippen LogP contribution in [0.25, 0.3) is 0 Å². The number of hydrogen-bond donors (Lipinski definition) is 1. The third-order valence-electron chi connectivity index (χ3n) is 3.84. The molecule has 0 aromatic heterocycles. The van der Waals surface area contributed by atoms with Crippen LogP contribution >= 0.6 is 0 Å². The highest BCUT2D eigenvalue weighted by atomic mass is 16.4. The minimum Gasteiger partial charge on any atom is -0.481 e. The summed E-state index contributed by atoms with van der Waals surface area (Å²) in [6, 6.07) is 0. The first-order valence-corrected chi connectivity index (χ1v) is 9.29.